The number of aliphatic hydroxyl groups excluding tert-OH is 1. The molecule has 1 aromatic carbocycles. The molecule has 0 aliphatic carbocycles. The summed E-state index contributed by atoms with van der Waals surface area (Å²) >= 11 is 6.13. The van der Waals surface area contributed by atoms with Crippen LogP contribution in [-0.4, -0.2) is 71.1 Å². The highest BCUT2D eigenvalue weighted by Gasteiger charge is 2.51. The van der Waals surface area contributed by atoms with E-state index in [1.807, 2.05) is 0 Å². The third-order valence-electron chi connectivity index (χ3n) is 5.89. The summed E-state index contributed by atoms with van der Waals surface area (Å²) in [6, 6.07) is 3.35. The quantitative estimate of drug-likeness (QED) is 0.369. The Kier molecular flexibility index (Phi) is 8.18. The maximum atomic E-state index is 13.7. The number of anilines is 3. The third-order valence-corrected chi connectivity index (χ3v) is 8.07. The molecule has 0 fully saturated rings. The number of benzene rings is 1. The van der Waals surface area contributed by atoms with Crippen LogP contribution in [0.4, 0.5) is 35.0 Å². The number of fused-ring (bicyclic) bond motifs is 1. The third kappa shape index (κ3) is 6.27. The number of nitrogens with zero attached hydrogens (tertiary/aromatic N) is 3. The van der Waals surface area contributed by atoms with Crippen molar-refractivity contribution >= 4 is 44.8 Å². The number of ether oxygens (including phenoxy) is 1. The molecule has 3 rings (SSSR count). The number of alkyl halides is 3. The Labute approximate surface area is 222 Å². The molecule has 0 saturated heterocycles. The Hall–Kier alpha value is -2.75. The number of aliphatic hydroxyl groups is 2. The summed E-state index contributed by atoms with van der Waals surface area (Å²) < 4.78 is 73.6. The van der Waals surface area contributed by atoms with Crippen LogP contribution >= 0.6 is 11.6 Å². The van der Waals surface area contributed by atoms with Crippen molar-refractivity contribution in [3.05, 3.63) is 29.5 Å². The second kappa shape index (κ2) is 10.4. The van der Waals surface area contributed by atoms with Crippen molar-refractivity contribution in [2.24, 2.45) is 0 Å². The van der Waals surface area contributed by atoms with Crippen LogP contribution in [0.25, 0.3) is 0 Å². The van der Waals surface area contributed by atoms with Crippen molar-refractivity contribution in [1.29, 1.82) is 0 Å². The average Bonchev–Trinajstić information content (AvgIpc) is 3.19. The van der Waals surface area contributed by atoms with Gasteiger partial charge in [0.25, 0.3) is 10.0 Å². The monoisotopic (exact) mass is 583 g/mol. The lowest BCUT2D eigenvalue weighted by Gasteiger charge is -2.38. The number of hydrogen-bond donors (Lipinski definition) is 4. The van der Waals surface area contributed by atoms with Crippen LogP contribution in [0.1, 0.15) is 34.1 Å². The fraction of sp³-hybridized carbons (Fsp3) is 0.545. The number of hydrogen-bond acceptors (Lipinski definition) is 8. The topological polar surface area (TPSA) is 146 Å². The maximum Gasteiger partial charge on any atom is 0.427 e. The van der Waals surface area contributed by atoms with E-state index in [9.17, 15) is 36.6 Å². The van der Waals surface area contributed by atoms with Gasteiger partial charge < -0.3 is 20.3 Å². The van der Waals surface area contributed by atoms with Gasteiger partial charge in [0.1, 0.15) is 4.90 Å². The van der Waals surface area contributed by atoms with Gasteiger partial charge in [0.15, 0.2) is 5.15 Å². The fourth-order valence-electron chi connectivity index (χ4n) is 3.71. The number of rotatable bonds is 8. The molecule has 0 unspecified atom stereocenters. The summed E-state index contributed by atoms with van der Waals surface area (Å²) in [6.07, 6.45) is -4.98. The predicted molar refractivity (Wildman–Crippen MR) is 134 cm³/mol. The van der Waals surface area contributed by atoms with Crippen molar-refractivity contribution < 1.29 is 41.3 Å². The van der Waals surface area contributed by atoms with Gasteiger partial charge in [-0.05, 0) is 52.3 Å². The molecule has 2 aromatic rings. The lowest BCUT2D eigenvalue weighted by atomic mass is 9.96. The number of aromatic nitrogens is 2. The summed E-state index contributed by atoms with van der Waals surface area (Å²) in [5.74, 6) is 0. The molecule has 2 heterocycles. The highest BCUT2D eigenvalue weighted by Crippen LogP contribution is 2.40. The van der Waals surface area contributed by atoms with Gasteiger partial charge in [-0.3, -0.25) is 14.3 Å². The predicted octanol–water partition coefficient (Wildman–Crippen LogP) is 3.57. The Bertz CT molecular complexity index is 1300. The van der Waals surface area contributed by atoms with E-state index in [0.717, 1.165) is 4.31 Å². The zero-order valence-electron chi connectivity index (χ0n) is 21.0. The molecule has 4 N–H and O–H groups in total. The van der Waals surface area contributed by atoms with Crippen LogP contribution < -0.4 is 14.9 Å². The Morgan fingerprint density at radius 3 is 2.53 bits per heavy atom. The minimum Gasteiger partial charge on any atom is -0.434 e. The van der Waals surface area contributed by atoms with Crippen molar-refractivity contribution in [3.63, 3.8) is 0 Å². The molecule has 0 radical (unpaired) electrons. The molecule has 2 atom stereocenters. The number of sulfonamides is 1. The molecule has 1 aliphatic rings. The summed E-state index contributed by atoms with van der Waals surface area (Å²) in [6.45, 7) is 4.09. The van der Waals surface area contributed by atoms with Gasteiger partial charge in [0.05, 0.1) is 30.1 Å². The fourth-order valence-corrected chi connectivity index (χ4v) is 5.68. The molecule has 212 valence electrons. The minimum atomic E-state index is -4.82. The first-order chi connectivity index (χ1) is 17.4. The molecular formula is C22H29ClF3N5O6S. The van der Waals surface area contributed by atoms with E-state index in [1.54, 1.807) is 6.92 Å². The number of nitrogens with one attached hydrogen (secondary N) is 2. The van der Waals surface area contributed by atoms with Crippen LogP contribution in [0.5, 0.6) is 0 Å². The minimum absolute atomic E-state index is 0.0320. The second-order valence-electron chi connectivity index (χ2n) is 9.63. The molecule has 38 heavy (non-hydrogen) atoms. The molecule has 1 amide bonds. The van der Waals surface area contributed by atoms with Crippen molar-refractivity contribution in [2.75, 3.05) is 28.1 Å². The highest BCUT2D eigenvalue weighted by atomic mass is 35.5. The van der Waals surface area contributed by atoms with Crippen molar-refractivity contribution in [3.8, 4) is 0 Å². The molecule has 16 heteroatoms. The molecular weight excluding hydrogens is 555 g/mol. The van der Waals surface area contributed by atoms with Gasteiger partial charge in [-0.1, -0.05) is 11.6 Å². The van der Waals surface area contributed by atoms with Crippen LogP contribution in [0.15, 0.2) is 29.3 Å². The molecule has 1 aliphatic heterocycles. The standard InChI is InChI=1S/C22H29ClF3N5O6S/c1-5-30-11-17(18(23)29-30)38(35,36)31-10-14(9-21(4,34)12-32)27-15-7-6-13(8-16(15)31)28-19(33)37-20(2,3)22(24,25)26/h6-8,11,14,27,32,34H,5,9-10,12H2,1-4H3,(H,28,33)/t14-,21-/m0/s1. The zero-order chi connectivity index (χ0) is 28.7. The highest BCUT2D eigenvalue weighted by molar-refractivity contribution is 7.93. The van der Waals surface area contributed by atoms with E-state index in [-0.39, 0.29) is 40.1 Å². The Morgan fingerprint density at radius 2 is 1.97 bits per heavy atom. The average molecular weight is 584 g/mol. The molecule has 0 saturated carbocycles. The number of amides is 1. The normalized spacial score (nSPS) is 17.8. The van der Waals surface area contributed by atoms with E-state index in [2.05, 4.69) is 20.5 Å². The van der Waals surface area contributed by atoms with Gasteiger partial charge in [0, 0.05) is 24.5 Å². The first-order valence-electron chi connectivity index (χ1n) is 11.5. The lowest BCUT2D eigenvalue weighted by molar-refractivity contribution is -0.242. The molecule has 0 spiro atoms. The Morgan fingerprint density at radius 1 is 1.32 bits per heavy atom. The van der Waals surface area contributed by atoms with Gasteiger partial charge in [0.2, 0.25) is 5.60 Å². The molecule has 11 nitrogen and oxygen atoms in total. The first kappa shape index (κ1) is 29.8. The van der Waals surface area contributed by atoms with Crippen LogP contribution in [0.3, 0.4) is 0 Å². The number of carbonyl (C=O) groups is 1. The van der Waals surface area contributed by atoms with Crippen LogP contribution in [-0.2, 0) is 21.3 Å². The number of aryl methyl sites for hydroxylation is 1. The van der Waals surface area contributed by atoms with E-state index < -0.39 is 46.1 Å². The Balaban J connectivity index is 2.00. The zero-order valence-corrected chi connectivity index (χ0v) is 22.6. The van der Waals surface area contributed by atoms with Gasteiger partial charge in [-0.2, -0.15) is 18.3 Å². The smallest absolute Gasteiger partial charge is 0.427 e. The second-order valence-corrected chi connectivity index (χ2v) is 11.8. The summed E-state index contributed by atoms with van der Waals surface area (Å²) in [5, 5.41) is 28.8. The van der Waals surface area contributed by atoms with Crippen molar-refractivity contribution in [2.45, 2.75) is 69.0 Å². The van der Waals surface area contributed by atoms with E-state index >= 15 is 0 Å². The number of carbonyl (C=O) groups excluding carboxylic acids is 1. The SMILES string of the molecule is CCn1cc(S(=O)(=O)N2C[C@H](C[C@](C)(O)CO)Nc3ccc(NC(=O)OC(C)(C)C(F)(F)F)cc32)c(Cl)n1. The summed E-state index contributed by atoms with van der Waals surface area (Å²) in [5.41, 5.74) is -3.99. The van der Waals surface area contributed by atoms with E-state index in [4.69, 9.17) is 11.6 Å². The van der Waals surface area contributed by atoms with Crippen LogP contribution in [0.2, 0.25) is 5.15 Å². The van der Waals surface area contributed by atoms with Crippen molar-refractivity contribution in [1.82, 2.24) is 9.78 Å². The van der Waals surface area contributed by atoms with Gasteiger partial charge in [-0.15, -0.1) is 0 Å². The largest absolute Gasteiger partial charge is 0.434 e. The van der Waals surface area contributed by atoms with Crippen LogP contribution in [0, 0.1) is 0 Å². The summed E-state index contributed by atoms with van der Waals surface area (Å²) in [7, 11) is -4.34. The molecule has 1 aromatic heterocycles. The maximum absolute atomic E-state index is 13.7. The van der Waals surface area contributed by atoms with Gasteiger partial charge in [-0.25, -0.2) is 13.2 Å². The first-order valence-corrected chi connectivity index (χ1v) is 13.3. The molecule has 0 bridgehead atoms. The van der Waals surface area contributed by atoms with E-state index in [0.29, 0.717) is 20.4 Å². The van der Waals surface area contributed by atoms with Gasteiger partial charge >= 0.3 is 12.3 Å². The van der Waals surface area contributed by atoms with E-state index in [1.165, 1.54) is 36.0 Å². The lowest BCUT2D eigenvalue weighted by Crippen LogP contribution is -2.48. The summed E-state index contributed by atoms with van der Waals surface area (Å²) in [4.78, 5) is 11.9. The number of halogens is 4.